The zero-order chi connectivity index (χ0) is 16.0. The lowest BCUT2D eigenvalue weighted by molar-refractivity contribution is 0.589. The average Bonchev–Trinajstić information content (AvgIpc) is 3.02. The quantitative estimate of drug-likeness (QED) is 0.594. The molecule has 6 nitrogen and oxygen atoms in total. The Hall–Kier alpha value is -1.15. The van der Waals surface area contributed by atoms with Gasteiger partial charge in [0.2, 0.25) is 0 Å². The molecule has 0 saturated carbocycles. The number of aromatic nitrogens is 1. The Bertz CT molecular complexity index is 610. The van der Waals surface area contributed by atoms with Gasteiger partial charge in [-0.05, 0) is 26.2 Å². The maximum absolute atomic E-state index is 11.5. The van der Waals surface area contributed by atoms with Crippen LogP contribution in [-0.2, 0) is 16.3 Å². The summed E-state index contributed by atoms with van der Waals surface area (Å²) in [5.74, 6) is 1.48. The first-order valence-electron chi connectivity index (χ1n) is 7.62. The van der Waals surface area contributed by atoms with E-state index in [1.165, 1.54) is 0 Å². The van der Waals surface area contributed by atoms with Crippen LogP contribution in [0.25, 0.3) is 0 Å². The van der Waals surface area contributed by atoms with E-state index in [1.807, 2.05) is 13.8 Å². The number of aliphatic imine (C=N–C) groups is 1. The minimum atomic E-state index is -2.82. The van der Waals surface area contributed by atoms with Gasteiger partial charge >= 0.3 is 0 Å². The van der Waals surface area contributed by atoms with Gasteiger partial charge in [0.1, 0.15) is 0 Å². The van der Waals surface area contributed by atoms with E-state index < -0.39 is 9.84 Å². The molecule has 0 amide bonds. The van der Waals surface area contributed by atoms with Crippen molar-refractivity contribution in [2.45, 2.75) is 26.7 Å². The van der Waals surface area contributed by atoms with Gasteiger partial charge in [-0.2, -0.15) is 0 Å². The Morgan fingerprint density at radius 3 is 2.91 bits per heavy atom. The fourth-order valence-electron chi connectivity index (χ4n) is 2.41. The summed E-state index contributed by atoms with van der Waals surface area (Å²) in [6.45, 7) is 6.12. The summed E-state index contributed by atoms with van der Waals surface area (Å²) >= 11 is 1.66. The molecule has 1 unspecified atom stereocenters. The van der Waals surface area contributed by atoms with E-state index >= 15 is 0 Å². The second-order valence-corrected chi connectivity index (χ2v) is 8.81. The molecule has 0 radical (unpaired) electrons. The molecule has 1 saturated heterocycles. The highest BCUT2D eigenvalue weighted by atomic mass is 32.2. The number of sulfone groups is 1. The lowest BCUT2D eigenvalue weighted by atomic mass is 10.1. The first-order valence-corrected chi connectivity index (χ1v) is 10.3. The number of hydrogen-bond acceptors (Lipinski definition) is 5. The van der Waals surface area contributed by atoms with Crippen molar-refractivity contribution in [2.75, 3.05) is 31.1 Å². The number of guanidine groups is 1. The highest BCUT2D eigenvalue weighted by molar-refractivity contribution is 7.91. The van der Waals surface area contributed by atoms with Crippen LogP contribution in [0.5, 0.6) is 0 Å². The third-order valence-corrected chi connectivity index (χ3v) is 6.18. The Balaban J connectivity index is 1.79. The topological polar surface area (TPSA) is 83.5 Å². The molecule has 0 spiro atoms. The van der Waals surface area contributed by atoms with E-state index in [-0.39, 0.29) is 11.7 Å². The van der Waals surface area contributed by atoms with Gasteiger partial charge in [-0.15, -0.1) is 11.3 Å². The molecule has 124 valence electrons. The summed E-state index contributed by atoms with van der Waals surface area (Å²) < 4.78 is 22.9. The van der Waals surface area contributed by atoms with Crippen molar-refractivity contribution in [1.29, 1.82) is 0 Å². The fraction of sp³-hybridized carbons (Fsp3) is 0.714. The van der Waals surface area contributed by atoms with E-state index in [1.54, 1.807) is 11.3 Å². The lowest BCUT2D eigenvalue weighted by Crippen LogP contribution is -2.38. The van der Waals surface area contributed by atoms with E-state index in [0.29, 0.717) is 12.3 Å². The Morgan fingerprint density at radius 2 is 2.32 bits per heavy atom. The van der Waals surface area contributed by atoms with Gasteiger partial charge in [0.05, 0.1) is 22.2 Å². The second kappa shape index (κ2) is 7.92. The Morgan fingerprint density at radius 1 is 1.50 bits per heavy atom. The van der Waals surface area contributed by atoms with Gasteiger partial charge in [0.25, 0.3) is 0 Å². The minimum Gasteiger partial charge on any atom is -0.357 e. The first kappa shape index (κ1) is 17.2. The second-order valence-electron chi connectivity index (χ2n) is 5.52. The maximum Gasteiger partial charge on any atom is 0.191 e. The van der Waals surface area contributed by atoms with Crippen LogP contribution in [0.2, 0.25) is 0 Å². The number of aryl methyl sites for hydroxylation is 1. The van der Waals surface area contributed by atoms with Gasteiger partial charge in [-0.25, -0.2) is 13.4 Å². The Kier molecular flexibility index (Phi) is 6.19. The van der Waals surface area contributed by atoms with Crippen molar-refractivity contribution in [1.82, 2.24) is 15.6 Å². The third kappa shape index (κ3) is 5.57. The molecule has 1 aromatic rings. The van der Waals surface area contributed by atoms with Crippen LogP contribution in [0.15, 0.2) is 10.4 Å². The molecular formula is C14H24N4O2S2. The number of nitrogens with zero attached hydrogens (tertiary/aromatic N) is 2. The zero-order valence-electron chi connectivity index (χ0n) is 13.1. The number of rotatable bonds is 6. The lowest BCUT2D eigenvalue weighted by Gasteiger charge is -2.12. The standard InChI is InChI=1S/C14H24N4O2S2/c1-3-15-14(16-6-4-13-9-21-11(2)18-13)17-8-12-5-7-22(19,20)10-12/h9,12H,3-8,10H2,1-2H3,(H2,15,16,17). The Labute approximate surface area is 136 Å². The fourth-order valence-corrected chi connectivity index (χ4v) is 4.91. The molecule has 1 fully saturated rings. The summed E-state index contributed by atoms with van der Waals surface area (Å²) in [7, 11) is -2.82. The smallest absolute Gasteiger partial charge is 0.191 e. The SMILES string of the molecule is CCNC(=NCC1CCS(=O)(=O)C1)NCCc1csc(C)n1. The summed E-state index contributed by atoms with van der Waals surface area (Å²) in [6.07, 6.45) is 1.58. The van der Waals surface area contributed by atoms with Crippen LogP contribution in [0, 0.1) is 12.8 Å². The summed E-state index contributed by atoms with van der Waals surface area (Å²) in [5.41, 5.74) is 1.09. The normalized spacial score (nSPS) is 21.0. The van der Waals surface area contributed by atoms with Crippen molar-refractivity contribution in [3.05, 3.63) is 16.1 Å². The molecular weight excluding hydrogens is 320 g/mol. The van der Waals surface area contributed by atoms with Crippen LogP contribution >= 0.6 is 11.3 Å². The van der Waals surface area contributed by atoms with Crippen molar-refractivity contribution in [3.63, 3.8) is 0 Å². The van der Waals surface area contributed by atoms with Crippen LogP contribution in [0.3, 0.4) is 0 Å². The van der Waals surface area contributed by atoms with Gasteiger partial charge in [0, 0.05) is 31.4 Å². The maximum atomic E-state index is 11.5. The monoisotopic (exact) mass is 344 g/mol. The van der Waals surface area contributed by atoms with Crippen molar-refractivity contribution in [3.8, 4) is 0 Å². The van der Waals surface area contributed by atoms with Crippen molar-refractivity contribution < 1.29 is 8.42 Å². The zero-order valence-corrected chi connectivity index (χ0v) is 14.8. The first-order chi connectivity index (χ1) is 10.5. The summed E-state index contributed by atoms with van der Waals surface area (Å²) in [5, 5.41) is 9.62. The van der Waals surface area contributed by atoms with Crippen LogP contribution in [0.4, 0.5) is 0 Å². The average molecular weight is 345 g/mol. The minimum absolute atomic E-state index is 0.154. The largest absolute Gasteiger partial charge is 0.357 e. The molecule has 2 heterocycles. The van der Waals surface area contributed by atoms with Crippen molar-refractivity contribution in [2.24, 2.45) is 10.9 Å². The number of nitrogens with one attached hydrogen (secondary N) is 2. The van der Waals surface area contributed by atoms with E-state index in [2.05, 4.69) is 26.0 Å². The summed E-state index contributed by atoms with van der Waals surface area (Å²) in [6, 6.07) is 0. The molecule has 0 aromatic carbocycles. The van der Waals surface area contributed by atoms with Crippen LogP contribution < -0.4 is 10.6 Å². The van der Waals surface area contributed by atoms with Gasteiger partial charge < -0.3 is 10.6 Å². The molecule has 2 rings (SSSR count). The number of hydrogen-bond donors (Lipinski definition) is 2. The molecule has 0 aliphatic carbocycles. The van der Waals surface area contributed by atoms with E-state index in [9.17, 15) is 8.42 Å². The third-order valence-electron chi connectivity index (χ3n) is 3.52. The molecule has 1 aliphatic rings. The predicted molar refractivity (Wildman–Crippen MR) is 91.3 cm³/mol. The van der Waals surface area contributed by atoms with Gasteiger partial charge in [-0.1, -0.05) is 0 Å². The molecule has 0 bridgehead atoms. The highest BCUT2D eigenvalue weighted by Crippen LogP contribution is 2.18. The van der Waals surface area contributed by atoms with E-state index in [0.717, 1.165) is 42.6 Å². The van der Waals surface area contributed by atoms with Gasteiger partial charge in [0.15, 0.2) is 15.8 Å². The van der Waals surface area contributed by atoms with E-state index in [4.69, 9.17) is 0 Å². The van der Waals surface area contributed by atoms with Crippen molar-refractivity contribution >= 4 is 27.1 Å². The predicted octanol–water partition coefficient (Wildman–Crippen LogP) is 0.984. The molecule has 22 heavy (non-hydrogen) atoms. The van der Waals surface area contributed by atoms with Crippen LogP contribution in [0.1, 0.15) is 24.0 Å². The summed E-state index contributed by atoms with van der Waals surface area (Å²) in [4.78, 5) is 8.94. The molecule has 1 aliphatic heterocycles. The van der Waals surface area contributed by atoms with Gasteiger partial charge in [-0.3, -0.25) is 4.99 Å². The molecule has 1 aromatic heterocycles. The molecule has 2 N–H and O–H groups in total. The molecule has 1 atom stereocenters. The molecule has 8 heteroatoms. The number of thiazole rings is 1. The van der Waals surface area contributed by atoms with Crippen LogP contribution in [-0.4, -0.2) is 50.5 Å². The highest BCUT2D eigenvalue weighted by Gasteiger charge is 2.27.